The van der Waals surface area contributed by atoms with Gasteiger partial charge in [0, 0.05) is 25.7 Å². The highest BCUT2D eigenvalue weighted by molar-refractivity contribution is 5.82. The van der Waals surface area contributed by atoms with E-state index in [1.807, 2.05) is 0 Å². The van der Waals surface area contributed by atoms with Crippen molar-refractivity contribution in [1.82, 2.24) is 15.5 Å². The van der Waals surface area contributed by atoms with Crippen molar-refractivity contribution in [3.63, 3.8) is 0 Å². The van der Waals surface area contributed by atoms with Crippen LogP contribution in [0.1, 0.15) is 44.9 Å². The van der Waals surface area contributed by atoms with Crippen LogP contribution in [-0.2, 0) is 9.59 Å². The first-order valence-corrected chi connectivity index (χ1v) is 9.24. The Hall–Kier alpha value is -1.31. The molecule has 3 atom stereocenters. The zero-order valence-electron chi connectivity index (χ0n) is 14.3. The highest BCUT2D eigenvalue weighted by Crippen LogP contribution is 2.33. The maximum Gasteiger partial charge on any atom is 0.471 e. The molecule has 2 amide bonds. The lowest BCUT2D eigenvalue weighted by atomic mass is 9.85. The smallest absolute Gasteiger partial charge is 0.354 e. The number of nitrogens with zero attached hydrogens (tertiary/aromatic N) is 1. The molecule has 1 saturated carbocycles. The van der Waals surface area contributed by atoms with Crippen LogP contribution in [0.15, 0.2) is 0 Å². The Labute approximate surface area is 145 Å². The Bertz CT molecular complexity index is 490. The summed E-state index contributed by atoms with van der Waals surface area (Å²) in [6.07, 6.45) is 1.86. The average Bonchev–Trinajstić information content (AvgIpc) is 3.03. The molecule has 1 aliphatic carbocycles. The van der Waals surface area contributed by atoms with Crippen LogP contribution in [0.25, 0.3) is 0 Å². The molecule has 2 saturated heterocycles. The lowest BCUT2D eigenvalue weighted by Gasteiger charge is -2.32. The number of alkyl halides is 3. The van der Waals surface area contributed by atoms with Crippen LogP contribution in [0.2, 0.25) is 0 Å². The maximum absolute atomic E-state index is 12.4. The number of rotatable bonds is 3. The van der Waals surface area contributed by atoms with Gasteiger partial charge in [0.2, 0.25) is 5.91 Å². The predicted molar refractivity (Wildman–Crippen MR) is 85.7 cm³/mol. The molecule has 0 aromatic rings. The number of hydrogen-bond acceptors (Lipinski definition) is 3. The third-order valence-electron chi connectivity index (χ3n) is 5.89. The van der Waals surface area contributed by atoms with Crippen molar-refractivity contribution in [2.45, 2.75) is 63.2 Å². The molecule has 2 aliphatic heterocycles. The van der Waals surface area contributed by atoms with Crippen LogP contribution < -0.4 is 10.6 Å². The van der Waals surface area contributed by atoms with Crippen LogP contribution in [0.3, 0.4) is 0 Å². The van der Waals surface area contributed by atoms with Crippen molar-refractivity contribution in [3.05, 3.63) is 0 Å². The number of carbonyl (C=O) groups excluding carboxylic acids is 2. The molecule has 0 aromatic heterocycles. The molecule has 0 spiro atoms. The zero-order chi connectivity index (χ0) is 18.0. The van der Waals surface area contributed by atoms with E-state index < -0.39 is 12.1 Å². The summed E-state index contributed by atoms with van der Waals surface area (Å²) in [4.78, 5) is 24.4. The summed E-state index contributed by atoms with van der Waals surface area (Å²) in [7, 11) is 0. The number of carbonyl (C=O) groups is 2. The molecule has 2 N–H and O–H groups in total. The van der Waals surface area contributed by atoms with Gasteiger partial charge in [-0.1, -0.05) is 12.8 Å². The summed E-state index contributed by atoms with van der Waals surface area (Å²) in [5, 5.41) is 6.38. The first-order chi connectivity index (χ1) is 11.8. The Morgan fingerprint density at radius 1 is 1.08 bits per heavy atom. The van der Waals surface area contributed by atoms with E-state index in [0.29, 0.717) is 31.3 Å². The highest BCUT2D eigenvalue weighted by atomic mass is 19.4. The summed E-state index contributed by atoms with van der Waals surface area (Å²) < 4.78 is 37.3. The lowest BCUT2D eigenvalue weighted by Crippen LogP contribution is -2.48. The minimum absolute atomic E-state index is 0.00296. The number of halogens is 3. The molecule has 0 bridgehead atoms. The van der Waals surface area contributed by atoms with Gasteiger partial charge in [-0.2, -0.15) is 13.2 Å². The van der Waals surface area contributed by atoms with E-state index in [4.69, 9.17) is 0 Å². The van der Waals surface area contributed by atoms with Crippen LogP contribution >= 0.6 is 0 Å². The van der Waals surface area contributed by atoms with Crippen LogP contribution in [-0.4, -0.2) is 54.6 Å². The van der Waals surface area contributed by atoms with E-state index in [-0.39, 0.29) is 31.0 Å². The molecule has 3 rings (SSSR count). The number of piperidine rings is 1. The van der Waals surface area contributed by atoms with Crippen LogP contribution in [0, 0.1) is 11.8 Å². The van der Waals surface area contributed by atoms with Crippen molar-refractivity contribution in [2.24, 2.45) is 11.8 Å². The SMILES string of the molecule is O=C(NCC1CCN(C(=O)C(F)(F)F)CC1)C1CC2CCCCC2N1. The van der Waals surface area contributed by atoms with Gasteiger partial charge in [-0.05, 0) is 43.9 Å². The Kier molecular flexibility index (Phi) is 5.55. The van der Waals surface area contributed by atoms with Gasteiger partial charge in [0.05, 0.1) is 6.04 Å². The molecule has 8 heteroatoms. The minimum Gasteiger partial charge on any atom is -0.354 e. The van der Waals surface area contributed by atoms with E-state index in [2.05, 4.69) is 10.6 Å². The number of likely N-dealkylation sites (tertiary alicyclic amines) is 1. The van der Waals surface area contributed by atoms with Gasteiger partial charge in [-0.3, -0.25) is 9.59 Å². The molecule has 3 unspecified atom stereocenters. The third-order valence-corrected chi connectivity index (χ3v) is 5.89. The number of nitrogens with one attached hydrogen (secondary N) is 2. The second-order valence-corrected chi connectivity index (χ2v) is 7.58. The fourth-order valence-corrected chi connectivity index (χ4v) is 4.41. The second-order valence-electron chi connectivity index (χ2n) is 7.58. The van der Waals surface area contributed by atoms with Crippen molar-refractivity contribution in [2.75, 3.05) is 19.6 Å². The molecule has 0 radical (unpaired) electrons. The first kappa shape index (κ1) is 18.5. The van der Waals surface area contributed by atoms with E-state index in [0.717, 1.165) is 17.7 Å². The number of fused-ring (bicyclic) bond motifs is 1. The fourth-order valence-electron chi connectivity index (χ4n) is 4.41. The van der Waals surface area contributed by atoms with E-state index in [1.54, 1.807) is 0 Å². The lowest BCUT2D eigenvalue weighted by molar-refractivity contribution is -0.186. The fraction of sp³-hybridized carbons (Fsp3) is 0.882. The third kappa shape index (κ3) is 4.46. The van der Waals surface area contributed by atoms with Crippen LogP contribution in [0.5, 0.6) is 0 Å². The topological polar surface area (TPSA) is 61.4 Å². The quantitative estimate of drug-likeness (QED) is 0.806. The zero-order valence-corrected chi connectivity index (χ0v) is 14.3. The van der Waals surface area contributed by atoms with Crippen molar-refractivity contribution >= 4 is 11.8 Å². The van der Waals surface area contributed by atoms with E-state index in [9.17, 15) is 22.8 Å². The molecule has 3 aliphatic rings. The molecule has 3 fully saturated rings. The molecule has 142 valence electrons. The van der Waals surface area contributed by atoms with Crippen molar-refractivity contribution in [1.29, 1.82) is 0 Å². The molecular formula is C17H26F3N3O2. The van der Waals surface area contributed by atoms with Gasteiger partial charge < -0.3 is 15.5 Å². The molecule has 0 aromatic carbocycles. The van der Waals surface area contributed by atoms with Crippen molar-refractivity contribution in [3.8, 4) is 0 Å². The van der Waals surface area contributed by atoms with Gasteiger partial charge in [0.1, 0.15) is 0 Å². The minimum atomic E-state index is -4.80. The van der Waals surface area contributed by atoms with E-state index >= 15 is 0 Å². The van der Waals surface area contributed by atoms with Crippen LogP contribution in [0.4, 0.5) is 13.2 Å². The van der Waals surface area contributed by atoms with Gasteiger partial charge in [-0.25, -0.2) is 0 Å². The normalized spacial score (nSPS) is 30.8. The monoisotopic (exact) mass is 361 g/mol. The Balaban J connectivity index is 1.38. The number of amides is 2. The molecule has 25 heavy (non-hydrogen) atoms. The Morgan fingerprint density at radius 3 is 2.40 bits per heavy atom. The first-order valence-electron chi connectivity index (χ1n) is 9.24. The highest BCUT2D eigenvalue weighted by Gasteiger charge is 2.43. The summed E-state index contributed by atoms with van der Waals surface area (Å²) >= 11 is 0. The van der Waals surface area contributed by atoms with Crippen molar-refractivity contribution < 1.29 is 22.8 Å². The van der Waals surface area contributed by atoms with Gasteiger partial charge >= 0.3 is 12.1 Å². The average molecular weight is 361 g/mol. The van der Waals surface area contributed by atoms with E-state index in [1.165, 1.54) is 19.3 Å². The molecular weight excluding hydrogens is 335 g/mol. The summed E-state index contributed by atoms with van der Waals surface area (Å²) in [5.41, 5.74) is 0. The largest absolute Gasteiger partial charge is 0.471 e. The van der Waals surface area contributed by atoms with Gasteiger partial charge in [0.15, 0.2) is 0 Å². The standard InChI is InChI=1S/C17H26F3N3O2/c18-17(19,20)16(25)23-7-5-11(6-8-23)10-21-15(24)14-9-12-3-1-2-4-13(12)22-14/h11-14,22H,1-10H2,(H,21,24). The summed E-state index contributed by atoms with van der Waals surface area (Å²) in [5.74, 6) is -1.03. The molecule has 2 heterocycles. The summed E-state index contributed by atoms with van der Waals surface area (Å²) in [6.45, 7) is 0.676. The van der Waals surface area contributed by atoms with Gasteiger partial charge in [0.25, 0.3) is 0 Å². The molecule has 5 nitrogen and oxygen atoms in total. The van der Waals surface area contributed by atoms with Gasteiger partial charge in [-0.15, -0.1) is 0 Å². The second kappa shape index (κ2) is 7.51. The number of hydrogen-bond donors (Lipinski definition) is 2. The summed E-state index contributed by atoms with van der Waals surface area (Å²) in [6, 6.07) is 0.320. The Morgan fingerprint density at radius 2 is 1.76 bits per heavy atom. The maximum atomic E-state index is 12.4. The predicted octanol–water partition coefficient (Wildman–Crippen LogP) is 1.82.